The standard InChI is InChI=1S/C12H13N3O2S/c1-9-13-12(18-15-9)14-11(16)7-8-17-10-5-3-2-4-6-10/h2-6H,7-8H2,1H3,(H,13,14,15,16). The molecule has 1 aromatic heterocycles. The fourth-order valence-electron chi connectivity index (χ4n) is 1.31. The third kappa shape index (κ3) is 3.81. The Kier molecular flexibility index (Phi) is 4.25. The lowest BCUT2D eigenvalue weighted by Gasteiger charge is -2.05. The first-order chi connectivity index (χ1) is 8.74. The molecule has 0 saturated heterocycles. The van der Waals surface area contributed by atoms with Crippen molar-refractivity contribution in [2.75, 3.05) is 11.9 Å². The average molecular weight is 263 g/mol. The molecular weight excluding hydrogens is 250 g/mol. The Balaban J connectivity index is 1.72. The topological polar surface area (TPSA) is 64.1 Å². The van der Waals surface area contributed by atoms with Crippen molar-refractivity contribution in [1.82, 2.24) is 9.36 Å². The van der Waals surface area contributed by atoms with Gasteiger partial charge in [-0.15, -0.1) is 0 Å². The molecule has 5 nitrogen and oxygen atoms in total. The molecule has 0 atom stereocenters. The summed E-state index contributed by atoms with van der Waals surface area (Å²) in [5, 5.41) is 3.20. The summed E-state index contributed by atoms with van der Waals surface area (Å²) in [6.07, 6.45) is 0.285. The van der Waals surface area contributed by atoms with Gasteiger partial charge in [-0.2, -0.15) is 4.37 Å². The van der Waals surface area contributed by atoms with Crippen LogP contribution in [0.25, 0.3) is 0 Å². The second-order valence-corrected chi connectivity index (χ2v) is 4.36. The number of aryl methyl sites for hydroxylation is 1. The molecule has 94 valence electrons. The molecule has 1 aromatic carbocycles. The van der Waals surface area contributed by atoms with Crippen LogP contribution in [0.2, 0.25) is 0 Å². The minimum Gasteiger partial charge on any atom is -0.493 e. The summed E-state index contributed by atoms with van der Waals surface area (Å²) in [5.74, 6) is 1.30. The number of rotatable bonds is 5. The molecular formula is C12H13N3O2S. The average Bonchev–Trinajstić information content (AvgIpc) is 2.76. The number of nitrogens with one attached hydrogen (secondary N) is 1. The first-order valence-corrected chi connectivity index (χ1v) is 6.29. The normalized spacial score (nSPS) is 10.1. The van der Waals surface area contributed by atoms with Gasteiger partial charge in [0, 0.05) is 11.5 Å². The van der Waals surface area contributed by atoms with E-state index in [2.05, 4.69) is 14.7 Å². The van der Waals surface area contributed by atoms with Gasteiger partial charge in [-0.25, -0.2) is 4.98 Å². The number of aromatic nitrogens is 2. The van der Waals surface area contributed by atoms with Crippen LogP contribution in [0.3, 0.4) is 0 Å². The molecule has 0 bridgehead atoms. The number of carbonyl (C=O) groups is 1. The number of hydrogen-bond acceptors (Lipinski definition) is 5. The highest BCUT2D eigenvalue weighted by molar-refractivity contribution is 7.09. The summed E-state index contributed by atoms with van der Waals surface area (Å²) >= 11 is 1.17. The molecule has 2 aromatic rings. The van der Waals surface area contributed by atoms with E-state index in [-0.39, 0.29) is 12.3 Å². The van der Waals surface area contributed by atoms with Crippen LogP contribution in [0, 0.1) is 6.92 Å². The quantitative estimate of drug-likeness (QED) is 0.898. The molecule has 18 heavy (non-hydrogen) atoms. The maximum atomic E-state index is 11.6. The summed E-state index contributed by atoms with van der Waals surface area (Å²) in [7, 11) is 0. The third-order valence-corrected chi connectivity index (χ3v) is 2.84. The van der Waals surface area contributed by atoms with Gasteiger partial charge in [-0.3, -0.25) is 4.79 Å². The predicted octanol–water partition coefficient (Wildman–Crippen LogP) is 2.25. The fraction of sp³-hybridized carbons (Fsp3) is 0.250. The maximum absolute atomic E-state index is 11.6. The smallest absolute Gasteiger partial charge is 0.229 e. The first kappa shape index (κ1) is 12.5. The Labute approximate surface area is 109 Å². The van der Waals surface area contributed by atoms with E-state index in [0.29, 0.717) is 17.6 Å². The van der Waals surface area contributed by atoms with Crippen LogP contribution in [-0.2, 0) is 4.79 Å². The SMILES string of the molecule is Cc1nsc(NC(=O)CCOc2ccccc2)n1. The summed E-state index contributed by atoms with van der Waals surface area (Å²) in [4.78, 5) is 15.6. The van der Waals surface area contributed by atoms with E-state index in [1.807, 2.05) is 30.3 Å². The Hall–Kier alpha value is -1.95. The van der Waals surface area contributed by atoms with Crippen LogP contribution in [0.5, 0.6) is 5.75 Å². The van der Waals surface area contributed by atoms with Gasteiger partial charge in [0.15, 0.2) is 0 Å². The van der Waals surface area contributed by atoms with E-state index in [0.717, 1.165) is 5.75 Å². The largest absolute Gasteiger partial charge is 0.493 e. The van der Waals surface area contributed by atoms with Crippen LogP contribution in [0.15, 0.2) is 30.3 Å². The summed E-state index contributed by atoms with van der Waals surface area (Å²) in [6, 6.07) is 9.40. The number of hydrogen-bond donors (Lipinski definition) is 1. The molecule has 1 amide bonds. The van der Waals surface area contributed by atoms with E-state index in [9.17, 15) is 4.79 Å². The number of carbonyl (C=O) groups excluding carboxylic acids is 1. The van der Waals surface area contributed by atoms with Crippen LogP contribution >= 0.6 is 11.5 Å². The zero-order chi connectivity index (χ0) is 12.8. The zero-order valence-corrected chi connectivity index (χ0v) is 10.7. The molecule has 0 aliphatic carbocycles. The van der Waals surface area contributed by atoms with Crippen molar-refractivity contribution >= 4 is 22.6 Å². The summed E-state index contributed by atoms with van der Waals surface area (Å²) < 4.78 is 9.41. The van der Waals surface area contributed by atoms with Crippen LogP contribution in [-0.4, -0.2) is 21.9 Å². The molecule has 2 rings (SSSR count). The van der Waals surface area contributed by atoms with Gasteiger partial charge in [0.25, 0.3) is 0 Å². The van der Waals surface area contributed by atoms with Crippen molar-refractivity contribution in [3.63, 3.8) is 0 Å². The first-order valence-electron chi connectivity index (χ1n) is 5.52. The number of ether oxygens (including phenoxy) is 1. The Bertz CT molecular complexity index is 513. The number of nitrogens with zero attached hydrogens (tertiary/aromatic N) is 2. The zero-order valence-electron chi connectivity index (χ0n) is 9.92. The van der Waals surface area contributed by atoms with E-state index >= 15 is 0 Å². The highest BCUT2D eigenvalue weighted by Crippen LogP contribution is 2.11. The van der Waals surface area contributed by atoms with Gasteiger partial charge in [0.1, 0.15) is 11.6 Å². The second-order valence-electron chi connectivity index (χ2n) is 3.61. The molecule has 0 aliphatic heterocycles. The lowest BCUT2D eigenvalue weighted by Crippen LogP contribution is -2.15. The highest BCUT2D eigenvalue weighted by Gasteiger charge is 2.06. The van der Waals surface area contributed by atoms with E-state index in [1.54, 1.807) is 6.92 Å². The van der Waals surface area contributed by atoms with E-state index < -0.39 is 0 Å². The Morgan fingerprint density at radius 3 is 2.83 bits per heavy atom. The molecule has 1 N–H and O–H groups in total. The number of para-hydroxylation sites is 1. The van der Waals surface area contributed by atoms with Crippen molar-refractivity contribution in [1.29, 1.82) is 0 Å². The molecule has 0 fully saturated rings. The van der Waals surface area contributed by atoms with Crippen molar-refractivity contribution in [2.24, 2.45) is 0 Å². The van der Waals surface area contributed by atoms with Crippen LogP contribution in [0.4, 0.5) is 5.13 Å². The minimum absolute atomic E-state index is 0.123. The fourth-order valence-corrected chi connectivity index (χ4v) is 1.90. The minimum atomic E-state index is -0.123. The monoisotopic (exact) mass is 263 g/mol. The van der Waals surface area contributed by atoms with Gasteiger partial charge in [-0.05, 0) is 19.1 Å². The summed E-state index contributed by atoms with van der Waals surface area (Å²) in [6.45, 7) is 2.12. The van der Waals surface area contributed by atoms with Crippen molar-refractivity contribution in [2.45, 2.75) is 13.3 Å². The second kappa shape index (κ2) is 6.11. The lowest BCUT2D eigenvalue weighted by molar-refractivity contribution is -0.116. The molecule has 0 spiro atoms. The van der Waals surface area contributed by atoms with Crippen molar-refractivity contribution < 1.29 is 9.53 Å². The van der Waals surface area contributed by atoms with Crippen LogP contribution in [0.1, 0.15) is 12.2 Å². The Morgan fingerprint density at radius 2 is 2.17 bits per heavy atom. The van der Waals surface area contributed by atoms with Gasteiger partial charge in [-0.1, -0.05) is 18.2 Å². The van der Waals surface area contributed by atoms with Crippen molar-refractivity contribution in [3.8, 4) is 5.75 Å². The van der Waals surface area contributed by atoms with E-state index in [1.165, 1.54) is 11.5 Å². The molecule has 0 unspecified atom stereocenters. The van der Waals surface area contributed by atoms with Gasteiger partial charge >= 0.3 is 0 Å². The lowest BCUT2D eigenvalue weighted by atomic mass is 10.3. The molecule has 0 aliphatic rings. The third-order valence-electron chi connectivity index (χ3n) is 2.11. The van der Waals surface area contributed by atoms with Crippen LogP contribution < -0.4 is 10.1 Å². The maximum Gasteiger partial charge on any atom is 0.229 e. The Morgan fingerprint density at radius 1 is 1.39 bits per heavy atom. The highest BCUT2D eigenvalue weighted by atomic mass is 32.1. The van der Waals surface area contributed by atoms with Gasteiger partial charge in [0.05, 0.1) is 13.0 Å². The number of amides is 1. The number of anilines is 1. The van der Waals surface area contributed by atoms with Gasteiger partial charge in [0.2, 0.25) is 11.0 Å². The van der Waals surface area contributed by atoms with Gasteiger partial charge < -0.3 is 10.1 Å². The summed E-state index contributed by atoms with van der Waals surface area (Å²) in [5.41, 5.74) is 0. The predicted molar refractivity (Wildman–Crippen MR) is 69.8 cm³/mol. The molecule has 6 heteroatoms. The van der Waals surface area contributed by atoms with E-state index in [4.69, 9.17) is 4.74 Å². The van der Waals surface area contributed by atoms with Crippen molar-refractivity contribution in [3.05, 3.63) is 36.2 Å². The molecule has 0 radical (unpaired) electrons. The molecule has 1 heterocycles. The number of benzene rings is 1. The molecule has 0 saturated carbocycles.